The Kier molecular flexibility index (Phi) is 7.90. The van der Waals surface area contributed by atoms with Gasteiger partial charge in [0.25, 0.3) is 0 Å². The molecule has 0 unspecified atom stereocenters. The number of carbonyl (C=O) groups excluding carboxylic acids is 2. The van der Waals surface area contributed by atoms with Crippen molar-refractivity contribution in [3.63, 3.8) is 0 Å². The van der Waals surface area contributed by atoms with E-state index in [1.807, 2.05) is 36.4 Å². The number of thiophene rings is 1. The van der Waals surface area contributed by atoms with Crippen molar-refractivity contribution in [3.05, 3.63) is 92.8 Å². The number of carbonyl (C=O) groups is 2. The van der Waals surface area contributed by atoms with Gasteiger partial charge in [-0.3, -0.25) is 4.79 Å². The molecule has 5 nitrogen and oxygen atoms in total. The van der Waals surface area contributed by atoms with E-state index in [-0.39, 0.29) is 5.57 Å². The number of ketones is 1. The van der Waals surface area contributed by atoms with E-state index in [1.165, 1.54) is 24.6 Å². The number of allylic oxidation sites excluding steroid dienone is 1. The average Bonchev–Trinajstić information content (AvgIpc) is 3.27. The molecule has 2 aromatic carbocycles. The number of hydrogen-bond donors (Lipinski definition) is 1. The number of benzene rings is 2. The third-order valence-corrected chi connectivity index (χ3v) is 6.41. The van der Waals surface area contributed by atoms with Crippen LogP contribution in [0.4, 0.5) is 5.69 Å². The van der Waals surface area contributed by atoms with Crippen molar-refractivity contribution >= 4 is 52.1 Å². The van der Waals surface area contributed by atoms with E-state index < -0.39 is 11.8 Å². The minimum atomic E-state index is -0.485. The van der Waals surface area contributed by atoms with Crippen molar-refractivity contribution in [2.75, 3.05) is 12.4 Å². The topological polar surface area (TPSA) is 79.2 Å². The molecule has 0 amide bonds. The zero-order valence-electron chi connectivity index (χ0n) is 16.4. The number of methoxy groups -OCH3 is 1. The molecule has 0 aliphatic carbocycles. The maximum atomic E-state index is 12.8. The van der Waals surface area contributed by atoms with Gasteiger partial charge in [0.05, 0.1) is 12.8 Å². The van der Waals surface area contributed by atoms with E-state index in [1.54, 1.807) is 41.4 Å². The molecule has 0 saturated carbocycles. The van der Waals surface area contributed by atoms with Crippen molar-refractivity contribution < 1.29 is 14.3 Å². The molecule has 0 radical (unpaired) electrons. The maximum Gasteiger partial charge on any atom is 0.350 e. The molecule has 3 rings (SSSR count). The van der Waals surface area contributed by atoms with Gasteiger partial charge in [-0.1, -0.05) is 29.8 Å². The van der Waals surface area contributed by atoms with Crippen LogP contribution < -0.4 is 5.32 Å². The zero-order valence-corrected chi connectivity index (χ0v) is 18.8. The number of Topliss-reactive ketones (excluding diaryl/α,β-unsaturated/α-hetero) is 1. The smallest absolute Gasteiger partial charge is 0.350 e. The van der Waals surface area contributed by atoms with E-state index in [2.05, 4.69) is 5.32 Å². The predicted molar refractivity (Wildman–Crippen MR) is 125 cm³/mol. The lowest BCUT2D eigenvalue weighted by atomic mass is 10.0. The Morgan fingerprint density at radius 2 is 2.00 bits per heavy atom. The number of hydrogen-bond acceptors (Lipinski definition) is 7. The second-order valence-electron chi connectivity index (χ2n) is 6.24. The van der Waals surface area contributed by atoms with Crippen LogP contribution in [0.2, 0.25) is 5.02 Å². The van der Waals surface area contributed by atoms with Gasteiger partial charge in [0.1, 0.15) is 16.5 Å². The van der Waals surface area contributed by atoms with Gasteiger partial charge in [0.15, 0.2) is 0 Å². The van der Waals surface area contributed by atoms with Crippen molar-refractivity contribution in [1.29, 1.82) is 5.26 Å². The van der Waals surface area contributed by atoms with Gasteiger partial charge in [0, 0.05) is 27.4 Å². The minimum Gasteiger partial charge on any atom is -0.465 e. The minimum absolute atomic E-state index is 0.0653. The quantitative estimate of drug-likeness (QED) is 0.140. The summed E-state index contributed by atoms with van der Waals surface area (Å²) in [7, 11) is 1.30. The van der Waals surface area contributed by atoms with Crippen molar-refractivity contribution in [2.45, 2.75) is 10.6 Å². The Morgan fingerprint density at radius 3 is 2.71 bits per heavy atom. The molecule has 8 heteroatoms. The Morgan fingerprint density at radius 1 is 1.23 bits per heavy atom. The maximum absolute atomic E-state index is 12.8. The molecule has 0 spiro atoms. The van der Waals surface area contributed by atoms with E-state index >= 15 is 0 Å². The summed E-state index contributed by atoms with van der Waals surface area (Å²) >= 11 is 8.75. The van der Waals surface area contributed by atoms with Gasteiger partial charge in [-0.05, 0) is 47.3 Å². The van der Waals surface area contributed by atoms with Gasteiger partial charge >= 0.3 is 5.97 Å². The second kappa shape index (κ2) is 10.8. The van der Waals surface area contributed by atoms with Crippen LogP contribution >= 0.6 is 34.7 Å². The number of halogens is 1. The highest BCUT2D eigenvalue weighted by Crippen LogP contribution is 2.26. The number of ether oxygens (including phenoxy) is 1. The second-order valence-corrected chi connectivity index (χ2v) is 8.64. The normalized spacial score (nSPS) is 10.9. The molecule has 3 aromatic rings. The Bertz CT molecular complexity index is 1160. The van der Waals surface area contributed by atoms with Crippen LogP contribution in [0.3, 0.4) is 0 Å². The van der Waals surface area contributed by atoms with Crippen molar-refractivity contribution in [3.8, 4) is 6.07 Å². The van der Waals surface area contributed by atoms with Gasteiger partial charge < -0.3 is 10.1 Å². The van der Waals surface area contributed by atoms with E-state index in [4.69, 9.17) is 16.3 Å². The van der Waals surface area contributed by atoms with Crippen LogP contribution in [0.1, 0.15) is 25.6 Å². The van der Waals surface area contributed by atoms with Gasteiger partial charge in [-0.15, -0.1) is 23.1 Å². The van der Waals surface area contributed by atoms with Crippen LogP contribution in [0, 0.1) is 11.3 Å². The summed E-state index contributed by atoms with van der Waals surface area (Å²) in [4.78, 5) is 26.0. The largest absolute Gasteiger partial charge is 0.465 e. The summed E-state index contributed by atoms with van der Waals surface area (Å²) in [6.45, 7) is 0. The van der Waals surface area contributed by atoms with Crippen LogP contribution in [-0.2, 0) is 10.5 Å². The first-order valence-corrected chi connectivity index (χ1v) is 11.3. The standard InChI is InChI=1S/C23H17ClN2O3S2/c1-29-23(28)22-20(9-10-30-22)26-13-17(12-25)21(27)16-4-2-3-15(11-16)14-31-19-7-5-18(24)6-8-19/h2-11,13,26H,14H2,1H3. The molecule has 0 fully saturated rings. The monoisotopic (exact) mass is 468 g/mol. The highest BCUT2D eigenvalue weighted by atomic mass is 35.5. The molecule has 0 atom stereocenters. The molecule has 1 aromatic heterocycles. The Labute approximate surface area is 193 Å². The third-order valence-electron chi connectivity index (χ3n) is 4.18. The number of nitriles is 1. The summed E-state index contributed by atoms with van der Waals surface area (Å²) in [6.07, 6.45) is 1.31. The van der Waals surface area contributed by atoms with Crippen LogP contribution in [0.5, 0.6) is 0 Å². The summed E-state index contributed by atoms with van der Waals surface area (Å²) in [5.74, 6) is -0.214. The summed E-state index contributed by atoms with van der Waals surface area (Å²) in [6, 6.07) is 18.3. The van der Waals surface area contributed by atoms with E-state index in [0.29, 0.717) is 26.9 Å². The molecule has 156 valence electrons. The molecule has 0 aliphatic heterocycles. The number of anilines is 1. The number of rotatable bonds is 8. The molecular formula is C23H17ClN2O3S2. The fraction of sp³-hybridized carbons (Fsp3) is 0.0870. The first kappa shape index (κ1) is 22.6. The first-order chi connectivity index (χ1) is 15.0. The highest BCUT2D eigenvalue weighted by Gasteiger charge is 2.15. The average molecular weight is 469 g/mol. The number of nitrogens with one attached hydrogen (secondary N) is 1. The lowest BCUT2D eigenvalue weighted by molar-refractivity contribution is 0.0607. The summed E-state index contributed by atoms with van der Waals surface area (Å²) < 4.78 is 4.73. The Balaban J connectivity index is 1.72. The number of thioether (sulfide) groups is 1. The molecule has 0 bridgehead atoms. The fourth-order valence-electron chi connectivity index (χ4n) is 2.63. The van der Waals surface area contributed by atoms with Crippen molar-refractivity contribution in [2.24, 2.45) is 0 Å². The first-order valence-electron chi connectivity index (χ1n) is 9.06. The fourth-order valence-corrected chi connectivity index (χ4v) is 4.37. The summed E-state index contributed by atoms with van der Waals surface area (Å²) in [5.41, 5.74) is 1.79. The van der Waals surface area contributed by atoms with Gasteiger partial charge in [-0.25, -0.2) is 4.79 Å². The number of nitrogens with zero attached hydrogens (tertiary/aromatic N) is 1. The van der Waals surface area contributed by atoms with Gasteiger partial charge in [-0.2, -0.15) is 5.26 Å². The van der Waals surface area contributed by atoms with Gasteiger partial charge in [0.2, 0.25) is 5.78 Å². The molecule has 1 N–H and O–H groups in total. The van der Waals surface area contributed by atoms with Crippen molar-refractivity contribution in [1.82, 2.24) is 0 Å². The third kappa shape index (κ3) is 5.98. The molecule has 1 heterocycles. The molecule has 31 heavy (non-hydrogen) atoms. The lowest BCUT2D eigenvalue weighted by Gasteiger charge is -2.06. The Hall–Kier alpha value is -3.05. The molecule has 0 aliphatic rings. The van der Waals surface area contributed by atoms with Crippen LogP contribution in [0.15, 0.2) is 76.6 Å². The lowest BCUT2D eigenvalue weighted by Crippen LogP contribution is -2.06. The predicted octanol–water partition coefficient (Wildman–Crippen LogP) is 6.18. The van der Waals surface area contributed by atoms with E-state index in [0.717, 1.165) is 10.5 Å². The van der Waals surface area contributed by atoms with Crippen LogP contribution in [-0.4, -0.2) is 18.9 Å². The number of esters is 1. The van der Waals surface area contributed by atoms with E-state index in [9.17, 15) is 14.9 Å². The molecular weight excluding hydrogens is 452 g/mol. The highest BCUT2D eigenvalue weighted by molar-refractivity contribution is 7.98. The van der Waals surface area contributed by atoms with Crippen LogP contribution in [0.25, 0.3) is 0 Å². The molecule has 0 saturated heterocycles. The summed E-state index contributed by atoms with van der Waals surface area (Å²) in [5, 5.41) is 14.7. The SMILES string of the molecule is COC(=O)c1sccc1NC=C(C#N)C(=O)c1cccc(CSc2ccc(Cl)cc2)c1. The zero-order chi connectivity index (χ0) is 22.2.